The van der Waals surface area contributed by atoms with E-state index in [1.54, 1.807) is 6.92 Å². The third-order valence-corrected chi connectivity index (χ3v) is 20.2. The van der Waals surface area contributed by atoms with Gasteiger partial charge in [0.15, 0.2) is 0 Å². The number of hydrogen-bond donors (Lipinski definition) is 5. The largest absolute Gasteiger partial charge is 0.417 e. The van der Waals surface area contributed by atoms with Crippen molar-refractivity contribution in [3.63, 3.8) is 0 Å². The molecule has 5 fully saturated rings. The molecule has 1 aromatic carbocycles. The first kappa shape index (κ1) is 77.4. The molecule has 3 aliphatic carbocycles. The molecule has 0 unspecified atom stereocenters. The minimum Gasteiger partial charge on any atom is -0.388 e. The number of nitrogens with one attached hydrogen (secondary N) is 4. The first-order valence-electron chi connectivity index (χ1n) is 33.9. The van der Waals surface area contributed by atoms with Crippen LogP contribution in [-0.4, -0.2) is 240 Å². The first-order chi connectivity index (χ1) is 44.7. The highest BCUT2D eigenvalue weighted by atomic mass is 35.5. The number of likely N-dealkylation sites (N-methyl/N-ethyl adjacent to an activating group) is 6. The molecular formula is C67H103ClF3N11O13. The van der Waals surface area contributed by atoms with E-state index in [-0.39, 0.29) is 76.5 Å². The maximum Gasteiger partial charge on any atom is 0.417 e. The lowest BCUT2D eigenvalue weighted by Crippen LogP contribution is -2.65. The number of carbonyl (C=O) groups is 11. The third-order valence-electron chi connectivity index (χ3n) is 19.9. The number of nitrogens with zero attached hydrogens (tertiary/aromatic N) is 7. The summed E-state index contributed by atoms with van der Waals surface area (Å²) in [6.07, 6.45) is 5.04. The Morgan fingerprint density at radius 1 is 0.684 bits per heavy atom. The standard InChI is InChI=1S/C67H103ClF3N11O13/c1-11-42(2)56-62(91)78(7)38-54(85)76(5)39-55(86)79(8)50(36-43-21-14-12-15-22-43)61(90)77(6)37-53(84)73-48(29-27-44-26-28-46(47(68)35-44)67(69,70)71)60(89)82-34-20-25-49(82)59(88)75-66(31-18-19-32-66)64(93)81(10)57(45-23-16-13-17-24-45)63(92)80(9)51(40-95-41-65(3,4)94)58(87)72-33-30-52(83)74-56/h26,28,35,42-43,45,48-51,56-57,94H,11-25,27,29-34,36-41H2,1-10H3,(H,72,87)(H,73,84)(H,74,83)(H,75,88)/t42-,48-,49-,50-,51-,56-,57-/m0/s1. The highest BCUT2D eigenvalue weighted by Gasteiger charge is 2.51. The summed E-state index contributed by atoms with van der Waals surface area (Å²) >= 11 is 6.14. The van der Waals surface area contributed by atoms with Gasteiger partial charge in [0.2, 0.25) is 65.0 Å². The molecule has 5 aliphatic rings. The number of aryl methyl sites for hydroxylation is 1. The SMILES string of the molecule is CC[C@H](C)[C@@H]1NC(=O)CCNC(=O)[C@H](COCC(C)(C)O)N(C)C(=O)[C@H](C2CCCCC2)N(C)C(=O)C2(CCCC2)NC(=O)[C@@H]2CCCN2C(=O)[C@H](CCc2ccc(C(F)(F)F)c(Cl)c2)NC(=O)CN(C)C(=O)[C@H](CC2CCCCC2)N(C)C(=O)CN(C)C(=O)CN(C)C1=O. The molecule has 0 bridgehead atoms. The second-order valence-corrected chi connectivity index (χ2v) is 28.3. The Bertz CT molecular complexity index is 2900. The van der Waals surface area contributed by atoms with Crippen LogP contribution in [0.2, 0.25) is 5.02 Å². The fraction of sp³-hybridized carbons (Fsp3) is 0.746. The van der Waals surface area contributed by atoms with Gasteiger partial charge in [0.1, 0.15) is 41.8 Å². The van der Waals surface area contributed by atoms with Crippen molar-refractivity contribution in [3.05, 3.63) is 34.3 Å². The Morgan fingerprint density at radius 2 is 1.31 bits per heavy atom. The van der Waals surface area contributed by atoms with Gasteiger partial charge in [-0.3, -0.25) is 52.7 Å². The number of benzene rings is 1. The van der Waals surface area contributed by atoms with E-state index in [4.69, 9.17) is 16.3 Å². The zero-order valence-electron chi connectivity index (χ0n) is 57.2. The maximum absolute atomic E-state index is 15.5. The fourth-order valence-electron chi connectivity index (χ4n) is 14.0. The number of ether oxygens (including phenoxy) is 1. The van der Waals surface area contributed by atoms with Crippen LogP contribution in [0.1, 0.15) is 167 Å². The molecule has 0 aromatic heterocycles. The molecule has 95 heavy (non-hydrogen) atoms. The van der Waals surface area contributed by atoms with Crippen molar-refractivity contribution >= 4 is 76.6 Å². The first-order valence-corrected chi connectivity index (χ1v) is 34.2. The summed E-state index contributed by atoms with van der Waals surface area (Å²) in [5, 5.41) is 21.3. The van der Waals surface area contributed by atoms with E-state index < -0.39 is 161 Å². The maximum atomic E-state index is 15.5. The second kappa shape index (κ2) is 34.6. The van der Waals surface area contributed by atoms with Crippen LogP contribution in [-0.2, 0) is 70.1 Å². The summed E-state index contributed by atoms with van der Waals surface area (Å²) in [6.45, 7) is 4.09. The number of carbonyl (C=O) groups excluding carboxylic acids is 11. The highest BCUT2D eigenvalue weighted by Crippen LogP contribution is 2.38. The van der Waals surface area contributed by atoms with Crippen LogP contribution < -0.4 is 21.3 Å². The van der Waals surface area contributed by atoms with Gasteiger partial charge >= 0.3 is 6.18 Å². The van der Waals surface area contributed by atoms with Gasteiger partial charge in [0.05, 0.1) is 49.0 Å². The molecule has 1 aromatic rings. The Labute approximate surface area is 562 Å². The minimum absolute atomic E-state index is 0.0274. The monoisotopic (exact) mass is 1360 g/mol. The molecule has 24 nitrogen and oxygen atoms in total. The van der Waals surface area contributed by atoms with Gasteiger partial charge in [-0.1, -0.05) is 102 Å². The molecule has 2 saturated heterocycles. The molecule has 5 N–H and O–H groups in total. The zero-order chi connectivity index (χ0) is 70.3. The molecule has 2 aliphatic heterocycles. The van der Waals surface area contributed by atoms with Crippen LogP contribution in [0, 0.1) is 17.8 Å². The fourth-order valence-corrected chi connectivity index (χ4v) is 14.3. The summed E-state index contributed by atoms with van der Waals surface area (Å²) in [7, 11) is 8.47. The molecule has 11 amide bonds. The number of alkyl halides is 3. The number of aliphatic hydroxyl groups is 1. The molecule has 2 heterocycles. The number of fused-ring (bicyclic) bond motifs is 1. The van der Waals surface area contributed by atoms with Crippen molar-refractivity contribution in [3.8, 4) is 0 Å². The van der Waals surface area contributed by atoms with Gasteiger partial charge in [-0.25, -0.2) is 0 Å². The lowest BCUT2D eigenvalue weighted by molar-refractivity contribution is -0.155. The van der Waals surface area contributed by atoms with Gasteiger partial charge in [-0.15, -0.1) is 0 Å². The summed E-state index contributed by atoms with van der Waals surface area (Å²) < 4.78 is 47.4. The predicted molar refractivity (Wildman–Crippen MR) is 347 cm³/mol. The quantitative estimate of drug-likeness (QED) is 0.194. The van der Waals surface area contributed by atoms with Gasteiger partial charge < -0.3 is 65.4 Å². The normalized spacial score (nSPS) is 26.0. The Kier molecular flexibility index (Phi) is 28.2. The van der Waals surface area contributed by atoms with Crippen molar-refractivity contribution in [2.45, 2.75) is 216 Å². The van der Waals surface area contributed by atoms with E-state index in [2.05, 4.69) is 21.3 Å². The smallest absolute Gasteiger partial charge is 0.388 e. The average molecular weight is 1360 g/mol. The lowest BCUT2D eigenvalue weighted by atomic mass is 9.81. The molecule has 6 rings (SSSR count). The number of amides is 11. The van der Waals surface area contributed by atoms with E-state index >= 15 is 19.2 Å². The van der Waals surface area contributed by atoms with Crippen molar-refractivity contribution in [1.82, 2.24) is 55.6 Å². The van der Waals surface area contributed by atoms with Crippen LogP contribution in [0.15, 0.2) is 18.2 Å². The summed E-state index contributed by atoms with van der Waals surface area (Å²) in [4.78, 5) is 169. The summed E-state index contributed by atoms with van der Waals surface area (Å²) in [5.41, 5.74) is -3.67. The zero-order valence-corrected chi connectivity index (χ0v) is 58.0. The molecule has 3 saturated carbocycles. The summed E-state index contributed by atoms with van der Waals surface area (Å²) in [5.74, 6) is -7.98. The molecule has 532 valence electrons. The van der Waals surface area contributed by atoms with Crippen LogP contribution in [0.4, 0.5) is 13.2 Å². The van der Waals surface area contributed by atoms with Gasteiger partial charge in [-0.05, 0) is 107 Å². The van der Waals surface area contributed by atoms with Crippen LogP contribution >= 0.6 is 11.6 Å². The van der Waals surface area contributed by atoms with Crippen molar-refractivity contribution < 1.29 is 75.8 Å². The van der Waals surface area contributed by atoms with E-state index in [0.717, 1.165) is 78.2 Å². The van der Waals surface area contributed by atoms with Crippen molar-refractivity contribution in [2.75, 3.05) is 88.2 Å². The predicted octanol–water partition coefficient (Wildman–Crippen LogP) is 4.44. The number of halogens is 4. The second-order valence-electron chi connectivity index (χ2n) is 27.9. The van der Waals surface area contributed by atoms with Crippen molar-refractivity contribution in [1.29, 1.82) is 0 Å². The molecule has 0 radical (unpaired) electrons. The van der Waals surface area contributed by atoms with Crippen molar-refractivity contribution in [2.24, 2.45) is 17.8 Å². The molecule has 1 spiro atoms. The van der Waals surface area contributed by atoms with Gasteiger partial charge in [0.25, 0.3) is 0 Å². The van der Waals surface area contributed by atoms with E-state index in [1.165, 1.54) is 81.8 Å². The molecule has 7 atom stereocenters. The van der Waals surface area contributed by atoms with E-state index in [0.29, 0.717) is 44.1 Å². The van der Waals surface area contributed by atoms with Crippen LogP contribution in [0.5, 0.6) is 0 Å². The van der Waals surface area contributed by atoms with E-state index in [9.17, 15) is 51.8 Å². The Morgan fingerprint density at radius 3 is 1.92 bits per heavy atom. The van der Waals surface area contributed by atoms with Crippen LogP contribution in [0.25, 0.3) is 0 Å². The number of rotatable bonds is 12. The Hall–Kier alpha value is -6.61. The van der Waals surface area contributed by atoms with E-state index in [1.807, 2.05) is 6.92 Å². The topological polar surface area (TPSA) is 288 Å². The van der Waals surface area contributed by atoms with Gasteiger partial charge in [0, 0.05) is 61.8 Å². The number of hydrogen-bond acceptors (Lipinski definition) is 13. The Balaban J connectivity index is 1.38. The lowest BCUT2D eigenvalue weighted by Gasteiger charge is -2.43. The molecule has 28 heteroatoms. The minimum atomic E-state index is -4.76. The third kappa shape index (κ3) is 21.0. The summed E-state index contributed by atoms with van der Waals surface area (Å²) in [6, 6.07) is -4.20. The molecular weight excluding hydrogens is 1260 g/mol. The van der Waals surface area contributed by atoms with Gasteiger partial charge in [-0.2, -0.15) is 13.2 Å². The highest BCUT2D eigenvalue weighted by molar-refractivity contribution is 6.31. The average Bonchev–Trinajstić information content (AvgIpc) is 1.76. The van der Waals surface area contributed by atoms with Crippen LogP contribution in [0.3, 0.4) is 0 Å².